The average molecular weight is 498 g/mol. The second-order valence-corrected chi connectivity index (χ2v) is 10.0. The molecule has 180 valence electrons. The summed E-state index contributed by atoms with van der Waals surface area (Å²) >= 11 is 0. The molecular weight excluding hydrogens is 477 g/mol. The fourth-order valence-electron chi connectivity index (χ4n) is 4.37. The Morgan fingerprint density at radius 1 is 1.26 bits per heavy atom. The van der Waals surface area contributed by atoms with Crippen molar-refractivity contribution in [1.82, 2.24) is 15.2 Å². The molecule has 10 nitrogen and oxygen atoms in total. The van der Waals surface area contributed by atoms with Gasteiger partial charge in [0.2, 0.25) is 0 Å². The van der Waals surface area contributed by atoms with Crippen molar-refractivity contribution >= 4 is 33.4 Å². The van der Waals surface area contributed by atoms with Gasteiger partial charge < -0.3 is 5.32 Å². The molecule has 35 heavy (non-hydrogen) atoms. The number of hydrogen-bond acceptors (Lipinski definition) is 7. The van der Waals surface area contributed by atoms with E-state index in [1.165, 1.54) is 37.6 Å². The molecule has 12 heteroatoms. The lowest BCUT2D eigenvalue weighted by Gasteiger charge is -2.41. The number of hydrogen-bond donors (Lipinski definition) is 1. The number of imide groups is 1. The van der Waals surface area contributed by atoms with Gasteiger partial charge in [0.05, 0.1) is 28.4 Å². The van der Waals surface area contributed by atoms with Crippen LogP contribution in [0.1, 0.15) is 35.6 Å². The topological polar surface area (TPSA) is 141 Å². The molecule has 0 fully saturated rings. The van der Waals surface area contributed by atoms with Gasteiger partial charge in [-0.3, -0.25) is 14.7 Å². The van der Waals surface area contributed by atoms with Gasteiger partial charge in [-0.15, -0.1) is 0 Å². The summed E-state index contributed by atoms with van der Waals surface area (Å²) in [7, 11) is -2.64. The number of aromatic nitrogens is 1. The van der Waals surface area contributed by atoms with Crippen LogP contribution in [0.15, 0.2) is 52.8 Å². The number of pyridine rings is 1. The quantitative estimate of drug-likeness (QED) is 0.685. The second-order valence-electron chi connectivity index (χ2n) is 8.05. The van der Waals surface area contributed by atoms with Gasteiger partial charge in [0.15, 0.2) is 15.6 Å². The van der Waals surface area contributed by atoms with Crippen molar-refractivity contribution in [1.29, 1.82) is 5.26 Å². The van der Waals surface area contributed by atoms with Crippen LogP contribution in [0, 0.1) is 11.3 Å². The smallest absolute Gasteiger partial charge is 0.337 e. The molecule has 1 aliphatic carbocycles. The highest BCUT2D eigenvalue weighted by Crippen LogP contribution is 2.46. The Bertz CT molecular complexity index is 1450. The van der Waals surface area contributed by atoms with Gasteiger partial charge in [0.25, 0.3) is 0 Å². The number of allylic oxidation sites excluding steroid dienone is 1. The van der Waals surface area contributed by atoms with Gasteiger partial charge in [-0.2, -0.15) is 5.26 Å². The standard InChI is InChI=1S/C23H20FN5O5S/c1-26-22(31)29-21(16-4-3-13(10-25)8-19(16)35(2,33)34)20-17(5-6-18(20)30)28(23(29)32)15-7-14(9-24)11-27-12-15/h3-4,7-8,11-12,21H,5-6,9H2,1-2H3,(H,26,31). The molecule has 4 amide bonds. The average Bonchev–Trinajstić information content (AvgIpc) is 3.22. The minimum absolute atomic E-state index is 0.0153. The largest absolute Gasteiger partial charge is 0.341 e. The van der Waals surface area contributed by atoms with Crippen molar-refractivity contribution in [3.05, 3.63) is 64.6 Å². The summed E-state index contributed by atoms with van der Waals surface area (Å²) in [6, 6.07) is 4.02. The van der Waals surface area contributed by atoms with Crippen LogP contribution in [0.2, 0.25) is 0 Å². The number of urea groups is 2. The number of carbonyl (C=O) groups excluding carboxylic acids is 3. The predicted molar refractivity (Wildman–Crippen MR) is 121 cm³/mol. The molecule has 0 saturated carbocycles. The van der Waals surface area contributed by atoms with E-state index in [0.717, 1.165) is 22.1 Å². The zero-order chi connectivity index (χ0) is 25.5. The Labute approximate surface area is 200 Å². The Kier molecular flexibility index (Phi) is 6.12. The van der Waals surface area contributed by atoms with Gasteiger partial charge in [-0.25, -0.2) is 27.3 Å². The molecule has 0 radical (unpaired) electrons. The molecule has 0 saturated heterocycles. The summed E-state index contributed by atoms with van der Waals surface area (Å²) in [4.78, 5) is 45.5. The van der Waals surface area contributed by atoms with Crippen LogP contribution < -0.4 is 10.2 Å². The van der Waals surface area contributed by atoms with Crippen LogP contribution in [0.25, 0.3) is 0 Å². The van der Waals surface area contributed by atoms with Gasteiger partial charge in [-0.05, 0) is 30.2 Å². The first-order valence-electron chi connectivity index (χ1n) is 10.5. The minimum atomic E-state index is -3.93. The lowest BCUT2D eigenvalue weighted by atomic mass is 9.92. The Morgan fingerprint density at radius 3 is 2.63 bits per heavy atom. The Hall–Kier alpha value is -4.11. The lowest BCUT2D eigenvalue weighted by molar-refractivity contribution is -0.115. The number of nitrogens with one attached hydrogen (secondary N) is 1. The molecule has 2 aliphatic rings. The number of alkyl halides is 1. The monoisotopic (exact) mass is 497 g/mol. The zero-order valence-corrected chi connectivity index (χ0v) is 19.6. The summed E-state index contributed by atoms with van der Waals surface area (Å²) in [5.74, 6) is -0.366. The molecule has 1 atom stereocenters. The van der Waals surface area contributed by atoms with Crippen LogP contribution in [0.4, 0.5) is 19.7 Å². The van der Waals surface area contributed by atoms with Gasteiger partial charge >= 0.3 is 12.1 Å². The van der Waals surface area contributed by atoms with E-state index in [-0.39, 0.29) is 57.2 Å². The van der Waals surface area contributed by atoms with E-state index in [2.05, 4.69) is 10.3 Å². The lowest BCUT2D eigenvalue weighted by Crippen LogP contribution is -2.55. The van der Waals surface area contributed by atoms with E-state index < -0.39 is 34.6 Å². The number of benzene rings is 1. The van der Waals surface area contributed by atoms with Crippen molar-refractivity contribution in [2.75, 3.05) is 18.2 Å². The van der Waals surface area contributed by atoms with Gasteiger partial charge in [-0.1, -0.05) is 6.07 Å². The number of Topliss-reactive ketones (excluding diaryl/α,β-unsaturated/α-hetero) is 1. The van der Waals surface area contributed by atoms with E-state index in [0.29, 0.717) is 0 Å². The van der Waals surface area contributed by atoms with Crippen LogP contribution in [0.5, 0.6) is 0 Å². The molecule has 1 unspecified atom stereocenters. The highest BCUT2D eigenvalue weighted by atomic mass is 32.2. The van der Waals surface area contributed by atoms with E-state index in [1.54, 1.807) is 0 Å². The van der Waals surface area contributed by atoms with Crippen molar-refractivity contribution in [3.8, 4) is 6.07 Å². The maximum Gasteiger partial charge on any atom is 0.337 e. The number of halogens is 1. The molecule has 1 aromatic carbocycles. The molecule has 1 aromatic heterocycles. The Morgan fingerprint density at radius 2 is 2.00 bits per heavy atom. The first kappa shape index (κ1) is 24.0. The van der Waals surface area contributed by atoms with E-state index in [4.69, 9.17) is 0 Å². The first-order valence-corrected chi connectivity index (χ1v) is 12.4. The number of sulfone groups is 1. The third-order valence-electron chi connectivity index (χ3n) is 5.86. The van der Waals surface area contributed by atoms with Crippen LogP contribution in [0.3, 0.4) is 0 Å². The molecule has 4 rings (SSSR count). The molecule has 2 heterocycles. The first-order chi connectivity index (χ1) is 16.6. The molecule has 1 aliphatic heterocycles. The van der Waals surface area contributed by atoms with E-state index in [9.17, 15) is 32.5 Å². The fourth-order valence-corrected chi connectivity index (χ4v) is 5.32. The number of nitriles is 1. The van der Waals surface area contributed by atoms with Gasteiger partial charge in [0, 0.05) is 42.8 Å². The molecule has 0 bridgehead atoms. The zero-order valence-electron chi connectivity index (χ0n) is 18.8. The summed E-state index contributed by atoms with van der Waals surface area (Å²) in [6.45, 7) is -0.835. The SMILES string of the molecule is CNC(=O)N1C(=O)N(c2cncc(CF)c2)C2=C(C(=O)CC2)C1c1ccc(C#N)cc1S(C)(=O)=O. The van der Waals surface area contributed by atoms with Crippen molar-refractivity contribution in [2.45, 2.75) is 30.5 Å². The van der Waals surface area contributed by atoms with Crippen LogP contribution >= 0.6 is 0 Å². The summed E-state index contributed by atoms with van der Waals surface area (Å²) in [5, 5.41) is 11.6. The van der Waals surface area contributed by atoms with Crippen molar-refractivity contribution < 1.29 is 27.2 Å². The van der Waals surface area contributed by atoms with Crippen LogP contribution in [-0.4, -0.2) is 49.5 Å². The molecule has 0 spiro atoms. The summed E-state index contributed by atoms with van der Waals surface area (Å²) in [6.07, 6.45) is 3.74. The number of anilines is 1. The Balaban J connectivity index is 2.04. The van der Waals surface area contributed by atoms with Gasteiger partial charge in [0.1, 0.15) is 12.7 Å². The molecule has 1 N–H and O–H groups in total. The normalized spacial score (nSPS) is 17.9. The predicted octanol–water partition coefficient (Wildman–Crippen LogP) is 2.77. The highest BCUT2D eigenvalue weighted by Gasteiger charge is 2.49. The second kappa shape index (κ2) is 8.92. The van der Waals surface area contributed by atoms with E-state index in [1.807, 2.05) is 6.07 Å². The maximum atomic E-state index is 13.8. The third kappa shape index (κ3) is 4.04. The fraction of sp³-hybridized carbons (Fsp3) is 0.261. The highest BCUT2D eigenvalue weighted by molar-refractivity contribution is 7.90. The molecule has 2 aromatic rings. The number of nitrogens with zero attached hydrogens (tertiary/aromatic N) is 4. The number of amides is 4. The van der Waals surface area contributed by atoms with Crippen molar-refractivity contribution in [2.24, 2.45) is 0 Å². The third-order valence-corrected chi connectivity index (χ3v) is 7.01. The number of carbonyl (C=O) groups is 3. The maximum absolute atomic E-state index is 13.8. The summed E-state index contributed by atoms with van der Waals surface area (Å²) < 4.78 is 38.6. The number of ketones is 1. The minimum Gasteiger partial charge on any atom is -0.341 e. The van der Waals surface area contributed by atoms with E-state index >= 15 is 0 Å². The molecular formula is C23H20FN5O5S. The number of rotatable bonds is 4. The van der Waals surface area contributed by atoms with Crippen molar-refractivity contribution in [3.63, 3.8) is 0 Å². The van der Waals surface area contributed by atoms with Crippen LogP contribution in [-0.2, 0) is 21.3 Å². The summed E-state index contributed by atoms with van der Waals surface area (Å²) in [5.41, 5.74) is 0.803.